The van der Waals surface area contributed by atoms with Gasteiger partial charge < -0.3 is 4.74 Å². The lowest BCUT2D eigenvalue weighted by Gasteiger charge is -2.04. The summed E-state index contributed by atoms with van der Waals surface area (Å²) >= 11 is 0. The summed E-state index contributed by atoms with van der Waals surface area (Å²) in [7, 11) is -4.09. The molecule has 0 aliphatic rings. The lowest BCUT2D eigenvalue weighted by Crippen LogP contribution is -2.03. The second kappa shape index (κ2) is 4.19. The molecule has 84 valence electrons. The van der Waals surface area contributed by atoms with E-state index in [9.17, 15) is 21.1 Å². The molecule has 0 bridgehead atoms. The molecule has 0 aliphatic heterocycles. The van der Waals surface area contributed by atoms with Crippen LogP contribution >= 0.6 is 0 Å². The molecular weight excluding hydrogens is 233 g/mol. The maximum atomic E-state index is 13.0. The van der Waals surface area contributed by atoms with Crippen molar-refractivity contribution >= 4 is 10.2 Å². The molecule has 0 spiro atoms. The molecule has 0 fully saturated rings. The third kappa shape index (κ3) is 2.69. The Kier molecular flexibility index (Phi) is 3.35. The first-order valence-electron chi connectivity index (χ1n) is 3.77. The van der Waals surface area contributed by atoms with Crippen molar-refractivity contribution in [2.24, 2.45) is 0 Å². The summed E-state index contributed by atoms with van der Waals surface area (Å²) in [6.45, 7) is -0.0968. The number of rotatable bonds is 3. The minimum absolute atomic E-state index is 0.0832. The van der Waals surface area contributed by atoms with E-state index in [1.165, 1.54) is 7.11 Å². The van der Waals surface area contributed by atoms with Crippen LogP contribution in [-0.2, 0) is 21.6 Å². The second-order valence-electron chi connectivity index (χ2n) is 2.76. The second-order valence-corrected chi connectivity index (χ2v) is 4.04. The van der Waals surface area contributed by atoms with Crippen molar-refractivity contribution in [1.29, 1.82) is 0 Å². The van der Waals surface area contributed by atoms with Gasteiger partial charge in [-0.2, -0.15) is 8.42 Å². The van der Waals surface area contributed by atoms with E-state index in [1.54, 1.807) is 0 Å². The summed E-state index contributed by atoms with van der Waals surface area (Å²) in [6, 6.07) is 1.41. The molecule has 0 aliphatic carbocycles. The summed E-state index contributed by atoms with van der Waals surface area (Å²) in [5, 5.41) is 0. The van der Waals surface area contributed by atoms with Gasteiger partial charge in [-0.05, 0) is 17.7 Å². The lowest BCUT2D eigenvalue weighted by molar-refractivity contribution is 0.184. The molecule has 0 aromatic heterocycles. The molecule has 0 heterocycles. The fourth-order valence-electron chi connectivity index (χ4n) is 1.10. The molecular formula is C8H7F3O3S. The highest BCUT2D eigenvalue weighted by Crippen LogP contribution is 2.22. The van der Waals surface area contributed by atoms with Crippen LogP contribution in [0.15, 0.2) is 17.0 Å². The molecule has 0 radical (unpaired) electrons. The fourth-order valence-corrected chi connectivity index (χ4v) is 1.68. The highest BCUT2D eigenvalue weighted by Gasteiger charge is 2.24. The van der Waals surface area contributed by atoms with Gasteiger partial charge in [0.05, 0.1) is 6.61 Å². The average Bonchev–Trinajstić information content (AvgIpc) is 1.99. The van der Waals surface area contributed by atoms with E-state index in [1.807, 2.05) is 0 Å². The molecule has 0 unspecified atom stereocenters. The minimum Gasteiger partial charge on any atom is -0.380 e. The standard InChI is InChI=1S/C8H7F3O3S/c1-14-4-5-2-6(9)8(7(10)3-5)15(11,12)13/h2-3H,4H2,1H3. The molecule has 7 heteroatoms. The fraction of sp³-hybridized carbons (Fsp3) is 0.250. The summed E-state index contributed by atoms with van der Waals surface area (Å²) in [5.41, 5.74) is 0.0832. The van der Waals surface area contributed by atoms with Gasteiger partial charge in [-0.1, -0.05) is 0 Å². The van der Waals surface area contributed by atoms with Gasteiger partial charge in [0.1, 0.15) is 11.6 Å². The van der Waals surface area contributed by atoms with E-state index in [-0.39, 0.29) is 12.2 Å². The third-order valence-electron chi connectivity index (χ3n) is 1.61. The molecule has 0 N–H and O–H groups in total. The quantitative estimate of drug-likeness (QED) is 0.756. The van der Waals surface area contributed by atoms with Crippen LogP contribution in [0.4, 0.5) is 12.7 Å². The van der Waals surface area contributed by atoms with Crippen LogP contribution in [-0.4, -0.2) is 15.5 Å². The zero-order valence-electron chi connectivity index (χ0n) is 7.63. The molecule has 15 heavy (non-hydrogen) atoms. The highest BCUT2D eigenvalue weighted by atomic mass is 32.3. The zero-order valence-corrected chi connectivity index (χ0v) is 8.45. The summed E-state index contributed by atoms with van der Waals surface area (Å²) in [4.78, 5) is -1.57. The third-order valence-corrected chi connectivity index (χ3v) is 2.49. The van der Waals surface area contributed by atoms with Gasteiger partial charge in [0.2, 0.25) is 0 Å². The van der Waals surface area contributed by atoms with Crippen LogP contribution in [0, 0.1) is 11.6 Å². The van der Waals surface area contributed by atoms with Gasteiger partial charge in [0.25, 0.3) is 0 Å². The van der Waals surface area contributed by atoms with E-state index < -0.39 is 26.8 Å². The van der Waals surface area contributed by atoms with Gasteiger partial charge in [0.15, 0.2) is 4.90 Å². The van der Waals surface area contributed by atoms with Gasteiger partial charge >= 0.3 is 10.2 Å². The first-order chi connectivity index (χ1) is 6.86. The van der Waals surface area contributed by atoms with Gasteiger partial charge in [-0.25, -0.2) is 8.78 Å². The first-order valence-corrected chi connectivity index (χ1v) is 5.16. The largest absolute Gasteiger partial charge is 0.380 e. The SMILES string of the molecule is COCc1cc(F)c(S(=O)(=O)F)c(F)c1. The predicted octanol–water partition coefficient (Wildman–Crippen LogP) is 1.77. The van der Waals surface area contributed by atoms with Crippen molar-refractivity contribution in [2.75, 3.05) is 7.11 Å². The Bertz CT molecular complexity index is 447. The average molecular weight is 240 g/mol. The smallest absolute Gasteiger partial charge is 0.337 e. The Balaban J connectivity index is 3.34. The van der Waals surface area contributed by atoms with Crippen LogP contribution in [0.3, 0.4) is 0 Å². The van der Waals surface area contributed by atoms with Crippen LogP contribution in [0.25, 0.3) is 0 Å². The molecule has 3 nitrogen and oxygen atoms in total. The van der Waals surface area contributed by atoms with Gasteiger partial charge in [-0.3, -0.25) is 0 Å². The molecule has 0 atom stereocenters. The normalized spacial score (nSPS) is 11.7. The highest BCUT2D eigenvalue weighted by molar-refractivity contribution is 7.86. The minimum atomic E-state index is -5.39. The van der Waals surface area contributed by atoms with Crippen LogP contribution in [0.1, 0.15) is 5.56 Å². The number of halogens is 3. The van der Waals surface area contributed by atoms with E-state index in [0.29, 0.717) is 12.1 Å². The molecule has 1 aromatic rings. The lowest BCUT2D eigenvalue weighted by atomic mass is 10.2. The van der Waals surface area contributed by atoms with Crippen LogP contribution in [0.2, 0.25) is 0 Å². The Morgan fingerprint density at radius 2 is 1.73 bits per heavy atom. The summed E-state index contributed by atoms with van der Waals surface area (Å²) in [5.74, 6) is -2.94. The van der Waals surface area contributed by atoms with Crippen LogP contribution in [0.5, 0.6) is 0 Å². The Morgan fingerprint density at radius 1 is 1.27 bits per heavy atom. The molecule has 1 rings (SSSR count). The summed E-state index contributed by atoms with van der Waals surface area (Å²) in [6.07, 6.45) is 0. The molecule has 0 saturated carbocycles. The number of hydrogen-bond acceptors (Lipinski definition) is 3. The van der Waals surface area contributed by atoms with Crippen molar-refractivity contribution in [3.8, 4) is 0 Å². The molecule has 0 saturated heterocycles. The van der Waals surface area contributed by atoms with E-state index in [0.717, 1.165) is 0 Å². The monoisotopic (exact) mass is 240 g/mol. The maximum Gasteiger partial charge on any atom is 0.337 e. The summed E-state index contributed by atoms with van der Waals surface area (Å²) < 4.78 is 63.8. The Labute approximate surface area is 84.7 Å². The number of benzene rings is 1. The zero-order chi connectivity index (χ0) is 11.6. The molecule has 1 aromatic carbocycles. The number of hydrogen-bond donors (Lipinski definition) is 0. The van der Waals surface area contributed by atoms with E-state index >= 15 is 0 Å². The molecule has 0 amide bonds. The van der Waals surface area contributed by atoms with Crippen molar-refractivity contribution in [2.45, 2.75) is 11.5 Å². The Morgan fingerprint density at radius 3 is 2.07 bits per heavy atom. The van der Waals surface area contributed by atoms with Crippen molar-refractivity contribution in [3.05, 3.63) is 29.3 Å². The first kappa shape index (κ1) is 12.0. The Hall–Kier alpha value is -1.08. The van der Waals surface area contributed by atoms with Crippen LogP contribution < -0.4 is 0 Å². The van der Waals surface area contributed by atoms with Crippen molar-refractivity contribution < 1.29 is 25.8 Å². The van der Waals surface area contributed by atoms with Gasteiger partial charge in [0, 0.05) is 7.11 Å². The van der Waals surface area contributed by atoms with Gasteiger partial charge in [-0.15, -0.1) is 3.89 Å². The van der Waals surface area contributed by atoms with Crippen molar-refractivity contribution in [3.63, 3.8) is 0 Å². The van der Waals surface area contributed by atoms with E-state index in [4.69, 9.17) is 0 Å². The van der Waals surface area contributed by atoms with Crippen molar-refractivity contribution in [1.82, 2.24) is 0 Å². The maximum absolute atomic E-state index is 13.0. The number of ether oxygens (including phenoxy) is 1. The predicted molar refractivity (Wildman–Crippen MR) is 45.4 cm³/mol. The number of methoxy groups -OCH3 is 1. The topological polar surface area (TPSA) is 43.4 Å². The van der Waals surface area contributed by atoms with E-state index in [2.05, 4.69) is 4.74 Å².